The molecule has 0 aliphatic rings. The lowest BCUT2D eigenvalue weighted by Crippen LogP contribution is -2.39. The van der Waals surface area contributed by atoms with Crippen LogP contribution < -0.4 is 5.32 Å². The van der Waals surface area contributed by atoms with Gasteiger partial charge in [0.05, 0.1) is 12.3 Å². The van der Waals surface area contributed by atoms with Crippen LogP contribution in [0.15, 0.2) is 41.0 Å². The van der Waals surface area contributed by atoms with Gasteiger partial charge in [0.25, 0.3) is 0 Å². The van der Waals surface area contributed by atoms with E-state index in [1.165, 1.54) is 4.90 Å². The van der Waals surface area contributed by atoms with Gasteiger partial charge in [0.2, 0.25) is 0 Å². The molecule has 0 saturated heterocycles. The number of furan rings is 1. The smallest absolute Gasteiger partial charge is 0.317 e. The molecule has 22 heavy (non-hydrogen) atoms. The zero-order valence-corrected chi connectivity index (χ0v) is 12.5. The molecule has 1 N–H and O–H groups in total. The Morgan fingerprint density at radius 1 is 1.36 bits per heavy atom. The van der Waals surface area contributed by atoms with E-state index < -0.39 is 11.6 Å². The van der Waals surface area contributed by atoms with Gasteiger partial charge in [-0.3, -0.25) is 0 Å². The van der Waals surface area contributed by atoms with Crippen molar-refractivity contribution in [2.75, 3.05) is 13.6 Å². The summed E-state index contributed by atoms with van der Waals surface area (Å²) in [4.78, 5) is 13.5. The highest BCUT2D eigenvalue weighted by Crippen LogP contribution is 2.18. The predicted octanol–water partition coefficient (Wildman–Crippen LogP) is 3.50. The van der Waals surface area contributed by atoms with E-state index in [-0.39, 0.29) is 30.6 Å². The molecule has 1 heterocycles. The molecule has 0 unspecified atom stereocenters. The van der Waals surface area contributed by atoms with Gasteiger partial charge in [0.15, 0.2) is 0 Å². The molecule has 0 saturated carbocycles. The normalized spacial score (nSPS) is 12.0. The summed E-state index contributed by atoms with van der Waals surface area (Å²) in [5, 5.41) is 2.68. The van der Waals surface area contributed by atoms with Gasteiger partial charge in [-0.1, -0.05) is 0 Å². The van der Waals surface area contributed by atoms with Crippen molar-refractivity contribution in [1.29, 1.82) is 0 Å². The van der Waals surface area contributed by atoms with Crippen LogP contribution in [0.1, 0.15) is 24.3 Å². The summed E-state index contributed by atoms with van der Waals surface area (Å²) in [6, 6.07) is 6.30. The van der Waals surface area contributed by atoms with E-state index in [2.05, 4.69) is 5.32 Å². The number of hydrogen-bond acceptors (Lipinski definition) is 2. The van der Waals surface area contributed by atoms with Crippen LogP contribution >= 0.6 is 0 Å². The molecule has 2 amide bonds. The largest absolute Gasteiger partial charge is 0.467 e. The second-order valence-electron chi connectivity index (χ2n) is 5.02. The molecule has 1 aromatic carbocycles. The third-order valence-corrected chi connectivity index (χ3v) is 3.53. The fourth-order valence-corrected chi connectivity index (χ4v) is 2.06. The van der Waals surface area contributed by atoms with Gasteiger partial charge in [-0.05, 0) is 49.2 Å². The lowest BCUT2D eigenvalue weighted by Gasteiger charge is -2.23. The molecule has 0 radical (unpaired) electrons. The number of halogens is 2. The van der Waals surface area contributed by atoms with E-state index in [0.29, 0.717) is 5.76 Å². The van der Waals surface area contributed by atoms with Crippen molar-refractivity contribution in [3.8, 4) is 0 Å². The highest BCUT2D eigenvalue weighted by atomic mass is 19.1. The average Bonchev–Trinajstić information content (AvgIpc) is 3.03. The third kappa shape index (κ3) is 3.84. The summed E-state index contributed by atoms with van der Waals surface area (Å²) in [5.41, 5.74) is 0.238. The van der Waals surface area contributed by atoms with Crippen molar-refractivity contribution in [3.63, 3.8) is 0 Å². The van der Waals surface area contributed by atoms with Crippen molar-refractivity contribution >= 4 is 6.03 Å². The summed E-state index contributed by atoms with van der Waals surface area (Å²) in [6.45, 7) is 2.05. The minimum Gasteiger partial charge on any atom is -0.467 e. The van der Waals surface area contributed by atoms with Crippen LogP contribution in [-0.2, 0) is 6.42 Å². The van der Waals surface area contributed by atoms with Gasteiger partial charge in [0.1, 0.15) is 17.4 Å². The number of urea groups is 1. The van der Waals surface area contributed by atoms with E-state index in [1.54, 1.807) is 25.4 Å². The van der Waals surface area contributed by atoms with E-state index in [4.69, 9.17) is 4.42 Å². The Labute approximate surface area is 127 Å². The number of hydrogen-bond donors (Lipinski definition) is 1. The number of carbonyl (C=O) groups is 1. The van der Waals surface area contributed by atoms with Gasteiger partial charge in [-0.15, -0.1) is 0 Å². The van der Waals surface area contributed by atoms with Crippen LogP contribution in [0.4, 0.5) is 13.6 Å². The van der Waals surface area contributed by atoms with E-state index >= 15 is 0 Å². The second kappa shape index (κ2) is 7.06. The Morgan fingerprint density at radius 2 is 2.14 bits per heavy atom. The van der Waals surface area contributed by atoms with Crippen molar-refractivity contribution in [2.24, 2.45) is 0 Å². The van der Waals surface area contributed by atoms with E-state index in [1.807, 2.05) is 6.92 Å². The molecule has 0 aliphatic heterocycles. The van der Waals surface area contributed by atoms with Gasteiger partial charge in [-0.25, -0.2) is 13.6 Å². The molecule has 2 aromatic rings. The first-order chi connectivity index (χ1) is 10.5. The topological polar surface area (TPSA) is 45.5 Å². The second-order valence-corrected chi connectivity index (χ2v) is 5.02. The first-order valence-electron chi connectivity index (χ1n) is 6.97. The molecular weight excluding hydrogens is 290 g/mol. The van der Waals surface area contributed by atoms with Crippen LogP contribution in [0.2, 0.25) is 0 Å². The average molecular weight is 308 g/mol. The van der Waals surface area contributed by atoms with Crippen molar-refractivity contribution < 1.29 is 18.0 Å². The Hall–Kier alpha value is -2.37. The Balaban J connectivity index is 1.86. The number of nitrogens with zero attached hydrogens (tertiary/aromatic N) is 1. The zero-order valence-electron chi connectivity index (χ0n) is 12.5. The molecule has 118 valence electrons. The number of rotatable bonds is 5. The molecule has 6 heteroatoms. The van der Waals surface area contributed by atoms with Gasteiger partial charge < -0.3 is 14.6 Å². The fraction of sp³-hybridized carbons (Fsp3) is 0.312. The zero-order chi connectivity index (χ0) is 16.1. The minimum atomic E-state index is -0.494. The molecule has 2 rings (SSSR count). The Kier molecular flexibility index (Phi) is 5.14. The van der Waals surface area contributed by atoms with Crippen molar-refractivity contribution in [1.82, 2.24) is 10.2 Å². The van der Waals surface area contributed by atoms with Crippen LogP contribution in [0.5, 0.6) is 0 Å². The first-order valence-corrected chi connectivity index (χ1v) is 6.97. The monoisotopic (exact) mass is 308 g/mol. The van der Waals surface area contributed by atoms with Gasteiger partial charge in [-0.2, -0.15) is 0 Å². The highest BCUT2D eigenvalue weighted by molar-refractivity contribution is 5.74. The lowest BCUT2D eigenvalue weighted by molar-refractivity contribution is 0.187. The number of carbonyl (C=O) groups excluding carboxylic acids is 1. The number of nitrogens with one attached hydrogen (secondary N) is 1. The summed E-state index contributed by atoms with van der Waals surface area (Å²) in [7, 11) is 1.64. The fourth-order valence-electron chi connectivity index (χ4n) is 2.06. The van der Waals surface area contributed by atoms with Crippen molar-refractivity contribution in [3.05, 3.63) is 59.6 Å². The molecule has 1 atom stereocenters. The van der Waals surface area contributed by atoms with Crippen molar-refractivity contribution in [2.45, 2.75) is 19.4 Å². The van der Waals surface area contributed by atoms with E-state index in [0.717, 1.165) is 18.2 Å². The van der Waals surface area contributed by atoms with Crippen LogP contribution in [0, 0.1) is 11.6 Å². The van der Waals surface area contributed by atoms with Crippen LogP contribution in [0.3, 0.4) is 0 Å². The molecule has 0 bridgehead atoms. The summed E-state index contributed by atoms with van der Waals surface area (Å²) in [5.74, 6) is -0.298. The summed E-state index contributed by atoms with van der Waals surface area (Å²) < 4.78 is 31.8. The molecule has 0 spiro atoms. The summed E-state index contributed by atoms with van der Waals surface area (Å²) in [6.07, 6.45) is 1.77. The Morgan fingerprint density at radius 3 is 2.82 bits per heavy atom. The molecule has 4 nitrogen and oxygen atoms in total. The highest BCUT2D eigenvalue weighted by Gasteiger charge is 2.19. The first kappa shape index (κ1) is 16.0. The Bertz CT molecular complexity index is 629. The third-order valence-electron chi connectivity index (χ3n) is 3.53. The minimum absolute atomic E-state index is 0.217. The number of benzene rings is 1. The maximum atomic E-state index is 13.5. The van der Waals surface area contributed by atoms with E-state index in [9.17, 15) is 13.6 Å². The quantitative estimate of drug-likeness (QED) is 0.919. The summed E-state index contributed by atoms with van der Waals surface area (Å²) >= 11 is 0. The molecule has 0 aliphatic carbocycles. The maximum absolute atomic E-state index is 13.5. The van der Waals surface area contributed by atoms with Gasteiger partial charge in [0, 0.05) is 13.6 Å². The maximum Gasteiger partial charge on any atom is 0.317 e. The van der Waals surface area contributed by atoms with Crippen LogP contribution in [-0.4, -0.2) is 24.5 Å². The lowest BCUT2D eigenvalue weighted by atomic mass is 10.1. The molecule has 1 aromatic heterocycles. The SMILES string of the molecule is C[C@H](c1ccco1)N(C)C(=O)NCCc1cc(F)ccc1F. The van der Waals surface area contributed by atoms with Gasteiger partial charge >= 0.3 is 6.03 Å². The standard InChI is InChI=1S/C16H18F2N2O2/c1-11(15-4-3-9-22-15)20(2)16(21)19-8-7-12-10-13(17)5-6-14(12)18/h3-6,9-11H,7-8H2,1-2H3,(H,19,21)/t11-/m1/s1. The van der Waals surface area contributed by atoms with Crippen LogP contribution in [0.25, 0.3) is 0 Å². The number of amides is 2. The molecular formula is C16H18F2N2O2. The predicted molar refractivity (Wildman–Crippen MR) is 78.3 cm³/mol. The molecule has 0 fully saturated rings.